The van der Waals surface area contributed by atoms with Gasteiger partial charge in [0.1, 0.15) is 0 Å². The van der Waals surface area contributed by atoms with E-state index in [9.17, 15) is 19.9 Å². The van der Waals surface area contributed by atoms with E-state index in [0.29, 0.717) is 17.9 Å². The van der Waals surface area contributed by atoms with Crippen LogP contribution in [0.25, 0.3) is 0 Å². The SMILES string of the molecule is CCCC[C@H](CN(O)C=O)C(=O)N[C@H](CO)C(C)(C)C. The van der Waals surface area contributed by atoms with Gasteiger partial charge in [-0.25, -0.2) is 5.06 Å². The van der Waals surface area contributed by atoms with Crippen LogP contribution in [0.1, 0.15) is 47.0 Å². The molecule has 2 atom stereocenters. The molecule has 0 aliphatic rings. The van der Waals surface area contributed by atoms with E-state index < -0.39 is 5.92 Å². The van der Waals surface area contributed by atoms with Crippen LogP contribution in [-0.4, -0.2) is 46.9 Å². The van der Waals surface area contributed by atoms with Gasteiger partial charge in [-0.2, -0.15) is 0 Å². The number of amides is 2. The van der Waals surface area contributed by atoms with Gasteiger partial charge in [0.05, 0.1) is 25.1 Å². The van der Waals surface area contributed by atoms with Gasteiger partial charge in [-0.3, -0.25) is 14.8 Å². The van der Waals surface area contributed by atoms with Crippen LogP contribution in [0.4, 0.5) is 0 Å². The van der Waals surface area contributed by atoms with E-state index in [4.69, 9.17) is 0 Å². The van der Waals surface area contributed by atoms with E-state index in [0.717, 1.165) is 12.8 Å². The van der Waals surface area contributed by atoms with Crippen LogP contribution < -0.4 is 5.32 Å². The smallest absolute Gasteiger partial charge is 0.233 e. The number of aliphatic hydroxyl groups is 1. The zero-order chi connectivity index (χ0) is 15.8. The van der Waals surface area contributed by atoms with Gasteiger partial charge in [0.15, 0.2) is 0 Å². The number of aliphatic hydroxyl groups excluding tert-OH is 1. The molecule has 0 bridgehead atoms. The van der Waals surface area contributed by atoms with Crippen molar-refractivity contribution < 1.29 is 19.9 Å². The van der Waals surface area contributed by atoms with E-state index in [1.807, 2.05) is 27.7 Å². The lowest BCUT2D eigenvalue weighted by atomic mass is 9.86. The summed E-state index contributed by atoms with van der Waals surface area (Å²) in [5, 5.41) is 21.9. The van der Waals surface area contributed by atoms with Crippen LogP contribution in [0.5, 0.6) is 0 Å². The molecule has 0 spiro atoms. The fraction of sp³-hybridized carbons (Fsp3) is 0.857. The number of hydroxylamine groups is 2. The van der Waals surface area contributed by atoms with Gasteiger partial charge in [0.25, 0.3) is 0 Å². The second-order valence-corrected chi connectivity index (χ2v) is 6.18. The molecule has 0 radical (unpaired) electrons. The van der Waals surface area contributed by atoms with Gasteiger partial charge >= 0.3 is 0 Å². The lowest BCUT2D eigenvalue weighted by molar-refractivity contribution is -0.155. The molecule has 0 aromatic carbocycles. The molecule has 3 N–H and O–H groups in total. The minimum atomic E-state index is -0.471. The molecule has 118 valence electrons. The molecule has 0 aliphatic carbocycles. The molecule has 2 amide bonds. The van der Waals surface area contributed by atoms with Gasteiger partial charge in [-0.15, -0.1) is 0 Å². The minimum Gasteiger partial charge on any atom is -0.394 e. The van der Waals surface area contributed by atoms with Gasteiger partial charge in [0.2, 0.25) is 12.3 Å². The van der Waals surface area contributed by atoms with E-state index >= 15 is 0 Å². The first-order valence-electron chi connectivity index (χ1n) is 7.08. The van der Waals surface area contributed by atoms with Crippen molar-refractivity contribution in [3.05, 3.63) is 0 Å². The van der Waals surface area contributed by atoms with Crippen molar-refractivity contribution in [2.75, 3.05) is 13.2 Å². The number of rotatable bonds is 9. The molecule has 0 aromatic heterocycles. The zero-order valence-corrected chi connectivity index (χ0v) is 12.9. The number of carbonyl (C=O) groups is 2. The Labute approximate surface area is 121 Å². The molecule has 0 heterocycles. The molecule has 6 nitrogen and oxygen atoms in total. The summed E-state index contributed by atoms with van der Waals surface area (Å²) in [5.41, 5.74) is -0.261. The van der Waals surface area contributed by atoms with Crippen LogP contribution in [0.15, 0.2) is 0 Å². The van der Waals surface area contributed by atoms with Gasteiger partial charge in [-0.05, 0) is 11.8 Å². The molecule has 0 aromatic rings. The van der Waals surface area contributed by atoms with E-state index in [-0.39, 0.29) is 30.5 Å². The average Bonchev–Trinajstić information content (AvgIpc) is 2.38. The highest BCUT2D eigenvalue weighted by Gasteiger charge is 2.29. The maximum atomic E-state index is 12.2. The molecular formula is C14H28N2O4. The largest absolute Gasteiger partial charge is 0.394 e. The second kappa shape index (κ2) is 8.92. The van der Waals surface area contributed by atoms with Crippen molar-refractivity contribution in [2.45, 2.75) is 53.0 Å². The van der Waals surface area contributed by atoms with E-state index in [1.54, 1.807) is 0 Å². The normalized spacial score (nSPS) is 14.5. The van der Waals surface area contributed by atoms with E-state index in [2.05, 4.69) is 5.32 Å². The highest BCUT2D eigenvalue weighted by Crippen LogP contribution is 2.20. The number of carbonyl (C=O) groups excluding carboxylic acids is 2. The number of nitrogens with zero attached hydrogens (tertiary/aromatic N) is 1. The Morgan fingerprint density at radius 3 is 2.40 bits per heavy atom. The van der Waals surface area contributed by atoms with Crippen LogP contribution in [0.3, 0.4) is 0 Å². The van der Waals surface area contributed by atoms with Crippen LogP contribution in [0.2, 0.25) is 0 Å². The quantitative estimate of drug-likeness (QED) is 0.337. The standard InChI is InChI=1S/C14H28N2O4/c1-5-6-7-11(8-16(20)10-18)13(19)15-12(9-17)14(2,3)4/h10-12,17,20H,5-9H2,1-4H3,(H,15,19)/t11-,12-/m1/s1. The molecule has 0 unspecified atom stereocenters. The number of nitrogens with one attached hydrogen (secondary N) is 1. The summed E-state index contributed by atoms with van der Waals surface area (Å²) in [6, 6.07) is -0.359. The summed E-state index contributed by atoms with van der Waals surface area (Å²) in [5.74, 6) is -0.713. The number of hydrogen-bond donors (Lipinski definition) is 3. The van der Waals surface area contributed by atoms with E-state index in [1.165, 1.54) is 0 Å². The van der Waals surface area contributed by atoms with Gasteiger partial charge in [-0.1, -0.05) is 40.5 Å². The predicted molar refractivity (Wildman–Crippen MR) is 76.0 cm³/mol. The third-order valence-corrected chi connectivity index (χ3v) is 3.35. The Morgan fingerprint density at radius 1 is 1.40 bits per heavy atom. The molecule has 6 heteroatoms. The topological polar surface area (TPSA) is 89.9 Å². The first-order chi connectivity index (χ1) is 9.26. The maximum Gasteiger partial charge on any atom is 0.233 e. The fourth-order valence-corrected chi connectivity index (χ4v) is 1.85. The predicted octanol–water partition coefficient (Wildman–Crippen LogP) is 1.16. The Kier molecular flexibility index (Phi) is 8.41. The Balaban J connectivity index is 4.71. The second-order valence-electron chi connectivity index (χ2n) is 6.18. The van der Waals surface area contributed by atoms with Crippen molar-refractivity contribution in [3.8, 4) is 0 Å². The van der Waals surface area contributed by atoms with Crippen molar-refractivity contribution in [1.29, 1.82) is 0 Å². The first kappa shape index (κ1) is 18.9. The van der Waals surface area contributed by atoms with Crippen molar-refractivity contribution >= 4 is 12.3 Å². The van der Waals surface area contributed by atoms with Crippen LogP contribution in [0, 0.1) is 11.3 Å². The van der Waals surface area contributed by atoms with Crippen molar-refractivity contribution in [2.24, 2.45) is 11.3 Å². The van der Waals surface area contributed by atoms with Crippen molar-refractivity contribution in [3.63, 3.8) is 0 Å². The molecule has 0 aliphatic heterocycles. The monoisotopic (exact) mass is 288 g/mol. The summed E-state index contributed by atoms with van der Waals surface area (Å²) >= 11 is 0. The Morgan fingerprint density at radius 2 is 2.00 bits per heavy atom. The molecule has 0 saturated carbocycles. The summed E-state index contributed by atoms with van der Waals surface area (Å²) in [6.07, 6.45) is 2.65. The van der Waals surface area contributed by atoms with Crippen LogP contribution in [-0.2, 0) is 9.59 Å². The summed E-state index contributed by atoms with van der Waals surface area (Å²) < 4.78 is 0. The van der Waals surface area contributed by atoms with Gasteiger partial charge in [0, 0.05) is 0 Å². The molecule has 20 heavy (non-hydrogen) atoms. The summed E-state index contributed by atoms with van der Waals surface area (Å²) in [7, 11) is 0. The summed E-state index contributed by atoms with van der Waals surface area (Å²) in [6.45, 7) is 7.62. The first-order valence-corrected chi connectivity index (χ1v) is 7.08. The summed E-state index contributed by atoms with van der Waals surface area (Å²) in [4.78, 5) is 22.7. The minimum absolute atomic E-state index is 0.0301. The fourth-order valence-electron chi connectivity index (χ4n) is 1.85. The zero-order valence-electron chi connectivity index (χ0n) is 12.9. The number of hydrogen-bond acceptors (Lipinski definition) is 4. The highest BCUT2D eigenvalue weighted by atomic mass is 16.5. The molecular weight excluding hydrogens is 260 g/mol. The molecule has 0 fully saturated rings. The Bertz CT molecular complexity index is 302. The van der Waals surface area contributed by atoms with Gasteiger partial charge < -0.3 is 10.4 Å². The molecule has 0 saturated heterocycles. The lowest BCUT2D eigenvalue weighted by Gasteiger charge is -2.31. The molecule has 0 rings (SSSR count). The average molecular weight is 288 g/mol. The van der Waals surface area contributed by atoms with Crippen molar-refractivity contribution in [1.82, 2.24) is 10.4 Å². The number of unbranched alkanes of at least 4 members (excludes halogenated alkanes) is 1. The Hall–Kier alpha value is -1.14. The maximum absolute atomic E-state index is 12.2. The lowest BCUT2D eigenvalue weighted by Crippen LogP contribution is -2.49. The van der Waals surface area contributed by atoms with Crippen LogP contribution >= 0.6 is 0 Å². The highest BCUT2D eigenvalue weighted by molar-refractivity contribution is 5.79. The third-order valence-electron chi connectivity index (χ3n) is 3.35. The third kappa shape index (κ3) is 6.86.